The van der Waals surface area contributed by atoms with Crippen molar-refractivity contribution in [2.75, 3.05) is 6.61 Å². The predicted octanol–water partition coefficient (Wildman–Crippen LogP) is 6.37. The van der Waals surface area contributed by atoms with Gasteiger partial charge in [-0.05, 0) is 49.8 Å². The number of benzene rings is 1. The van der Waals surface area contributed by atoms with Crippen LogP contribution in [0, 0.1) is 0 Å². The highest BCUT2D eigenvalue weighted by Crippen LogP contribution is 2.25. The van der Waals surface area contributed by atoms with Crippen LogP contribution in [0.4, 0.5) is 0 Å². The molecule has 5 heteroatoms. The minimum absolute atomic E-state index is 0.0262. The minimum atomic E-state index is -4.07. The summed E-state index contributed by atoms with van der Waals surface area (Å²) < 4.78 is 37.6. The van der Waals surface area contributed by atoms with Crippen LogP contribution in [0.3, 0.4) is 0 Å². The lowest BCUT2D eigenvalue weighted by Gasteiger charge is -2.16. The lowest BCUT2D eigenvalue weighted by atomic mass is 10.00. The van der Waals surface area contributed by atoms with Gasteiger partial charge in [0.2, 0.25) is 0 Å². The summed E-state index contributed by atoms with van der Waals surface area (Å²) in [7, 11) is -4.07. The maximum absolute atomic E-state index is 11.3. The average molecular weight is 413 g/mol. The number of ether oxygens (including phenoxy) is 1. The molecule has 1 unspecified atom stereocenters. The van der Waals surface area contributed by atoms with E-state index in [0.29, 0.717) is 0 Å². The van der Waals surface area contributed by atoms with Crippen molar-refractivity contribution in [2.45, 2.75) is 103 Å². The van der Waals surface area contributed by atoms with E-state index in [2.05, 4.69) is 32.0 Å². The van der Waals surface area contributed by atoms with Crippen LogP contribution in [0.1, 0.15) is 96.1 Å². The molecule has 1 rings (SSSR count). The fourth-order valence-electron chi connectivity index (χ4n) is 3.24. The van der Waals surface area contributed by atoms with E-state index in [1.165, 1.54) is 63.9 Å². The van der Waals surface area contributed by atoms with Crippen LogP contribution in [0.2, 0.25) is 0 Å². The molecular weight excluding hydrogens is 372 g/mol. The fraction of sp³-hybridized carbons (Fsp3) is 0.739. The highest BCUT2D eigenvalue weighted by Gasteiger charge is 2.18. The summed E-state index contributed by atoms with van der Waals surface area (Å²) in [5.41, 5.74) is 2.37. The van der Waals surface area contributed by atoms with E-state index >= 15 is 0 Å². The third-order valence-corrected chi connectivity index (χ3v) is 6.39. The smallest absolute Gasteiger partial charge is 0.270 e. The van der Waals surface area contributed by atoms with Gasteiger partial charge < -0.3 is 4.74 Å². The van der Waals surface area contributed by atoms with E-state index in [1.54, 1.807) is 0 Å². The minimum Gasteiger partial charge on any atom is -0.492 e. The van der Waals surface area contributed by atoms with Crippen LogP contribution in [0.25, 0.3) is 0 Å². The van der Waals surface area contributed by atoms with Crippen LogP contribution in [-0.4, -0.2) is 24.8 Å². The third-order valence-electron chi connectivity index (χ3n) is 5.23. The van der Waals surface area contributed by atoms with Crippen molar-refractivity contribution < 1.29 is 17.7 Å². The van der Waals surface area contributed by atoms with E-state index < -0.39 is 15.4 Å². The third kappa shape index (κ3) is 10.5. The Balaban J connectivity index is 2.70. The molecular formula is C23H40O4S. The van der Waals surface area contributed by atoms with Gasteiger partial charge in [0.25, 0.3) is 10.1 Å². The SMILES string of the molecule is CCCCCCCc1ccc(CCCCCCC)c(OCC(C)S(=O)(=O)O)c1. The van der Waals surface area contributed by atoms with Gasteiger partial charge in [-0.15, -0.1) is 0 Å². The zero-order chi connectivity index (χ0) is 20.8. The molecule has 0 spiro atoms. The van der Waals surface area contributed by atoms with Crippen molar-refractivity contribution in [1.82, 2.24) is 0 Å². The van der Waals surface area contributed by atoms with Gasteiger partial charge in [-0.2, -0.15) is 8.42 Å². The highest BCUT2D eigenvalue weighted by atomic mass is 32.2. The topological polar surface area (TPSA) is 63.6 Å². The quantitative estimate of drug-likeness (QED) is 0.253. The van der Waals surface area contributed by atoms with Gasteiger partial charge >= 0.3 is 0 Å². The van der Waals surface area contributed by atoms with Crippen LogP contribution in [0.5, 0.6) is 5.75 Å². The number of hydrogen-bond donors (Lipinski definition) is 1. The molecule has 0 saturated heterocycles. The van der Waals surface area contributed by atoms with E-state index in [1.807, 2.05) is 0 Å². The van der Waals surface area contributed by atoms with Crippen LogP contribution < -0.4 is 4.74 Å². The molecule has 0 saturated carbocycles. The Morgan fingerprint density at radius 1 is 0.893 bits per heavy atom. The second kappa shape index (κ2) is 14.0. The number of hydrogen-bond acceptors (Lipinski definition) is 3. The Morgan fingerprint density at radius 2 is 1.46 bits per heavy atom. The van der Waals surface area contributed by atoms with Crippen molar-refractivity contribution in [3.05, 3.63) is 29.3 Å². The molecule has 0 aliphatic rings. The first-order valence-corrected chi connectivity index (χ1v) is 12.6. The molecule has 1 atom stereocenters. The van der Waals surface area contributed by atoms with Crippen molar-refractivity contribution in [2.24, 2.45) is 0 Å². The molecule has 1 aromatic rings. The Kier molecular flexibility index (Phi) is 12.5. The normalized spacial score (nSPS) is 12.9. The summed E-state index contributed by atoms with van der Waals surface area (Å²) in [6, 6.07) is 6.38. The Hall–Kier alpha value is -1.07. The summed E-state index contributed by atoms with van der Waals surface area (Å²) in [6.07, 6.45) is 14.2. The van der Waals surface area contributed by atoms with Gasteiger partial charge in [-0.3, -0.25) is 4.55 Å². The fourth-order valence-corrected chi connectivity index (χ4v) is 3.48. The largest absolute Gasteiger partial charge is 0.492 e. The van der Waals surface area contributed by atoms with Crippen molar-refractivity contribution in [3.63, 3.8) is 0 Å². The zero-order valence-electron chi connectivity index (χ0n) is 18.1. The molecule has 0 fully saturated rings. The van der Waals surface area contributed by atoms with Crippen LogP contribution in [-0.2, 0) is 23.0 Å². The monoisotopic (exact) mass is 412 g/mol. The molecule has 0 bridgehead atoms. The van der Waals surface area contributed by atoms with Gasteiger partial charge in [0.15, 0.2) is 0 Å². The molecule has 28 heavy (non-hydrogen) atoms. The maximum atomic E-state index is 11.3. The zero-order valence-corrected chi connectivity index (χ0v) is 18.9. The Labute approximate surface area is 172 Å². The second-order valence-corrected chi connectivity index (χ2v) is 9.74. The molecule has 0 aromatic heterocycles. The Bertz CT molecular complexity index is 640. The molecule has 0 amide bonds. The number of aryl methyl sites for hydroxylation is 2. The molecule has 4 nitrogen and oxygen atoms in total. The van der Waals surface area contributed by atoms with Gasteiger partial charge in [-0.1, -0.05) is 77.3 Å². The molecule has 0 heterocycles. The second-order valence-electron chi connectivity index (χ2n) is 7.91. The molecule has 0 aliphatic heterocycles. The van der Waals surface area contributed by atoms with Gasteiger partial charge in [0, 0.05) is 0 Å². The van der Waals surface area contributed by atoms with Gasteiger partial charge in [0.1, 0.15) is 17.6 Å². The summed E-state index contributed by atoms with van der Waals surface area (Å²) in [5.74, 6) is 0.775. The lowest BCUT2D eigenvalue weighted by molar-refractivity contribution is 0.307. The lowest BCUT2D eigenvalue weighted by Crippen LogP contribution is -2.24. The maximum Gasteiger partial charge on any atom is 0.270 e. The first kappa shape index (κ1) is 25.0. The molecule has 1 aromatic carbocycles. The van der Waals surface area contributed by atoms with Crippen molar-refractivity contribution in [3.8, 4) is 5.75 Å². The molecule has 0 radical (unpaired) electrons. The first-order valence-electron chi connectivity index (χ1n) is 11.1. The molecule has 1 N–H and O–H groups in total. The highest BCUT2D eigenvalue weighted by molar-refractivity contribution is 7.86. The van der Waals surface area contributed by atoms with E-state index in [-0.39, 0.29) is 6.61 Å². The van der Waals surface area contributed by atoms with E-state index in [4.69, 9.17) is 4.74 Å². The van der Waals surface area contributed by atoms with E-state index in [9.17, 15) is 13.0 Å². The summed E-state index contributed by atoms with van der Waals surface area (Å²) in [6.45, 7) is 5.88. The Morgan fingerprint density at radius 3 is 2.04 bits per heavy atom. The number of rotatable bonds is 16. The van der Waals surface area contributed by atoms with E-state index in [0.717, 1.165) is 37.0 Å². The predicted molar refractivity (Wildman–Crippen MR) is 118 cm³/mol. The first-order chi connectivity index (χ1) is 13.4. The standard InChI is InChI=1S/C23H40O4S/c1-4-6-8-10-12-14-21-16-17-22(15-13-11-9-7-5-2)23(18-21)27-19-20(3)28(24,25)26/h16-18,20H,4-15,19H2,1-3H3,(H,24,25,26). The van der Waals surface area contributed by atoms with Crippen molar-refractivity contribution in [1.29, 1.82) is 0 Å². The summed E-state index contributed by atoms with van der Waals surface area (Å²) in [4.78, 5) is 0. The molecule has 162 valence electrons. The summed E-state index contributed by atoms with van der Waals surface area (Å²) >= 11 is 0. The average Bonchev–Trinajstić information content (AvgIpc) is 2.66. The summed E-state index contributed by atoms with van der Waals surface area (Å²) in [5, 5.41) is -0.928. The van der Waals surface area contributed by atoms with Gasteiger partial charge in [-0.25, -0.2) is 0 Å². The van der Waals surface area contributed by atoms with Crippen LogP contribution in [0.15, 0.2) is 18.2 Å². The number of unbranched alkanes of at least 4 members (excludes halogenated alkanes) is 8. The van der Waals surface area contributed by atoms with Crippen LogP contribution >= 0.6 is 0 Å². The van der Waals surface area contributed by atoms with Gasteiger partial charge in [0.05, 0.1) is 0 Å². The van der Waals surface area contributed by atoms with Crippen molar-refractivity contribution >= 4 is 10.1 Å². The molecule has 0 aliphatic carbocycles.